The van der Waals surface area contributed by atoms with E-state index in [0.29, 0.717) is 28.5 Å². The summed E-state index contributed by atoms with van der Waals surface area (Å²) in [5, 5.41) is 1.14. The van der Waals surface area contributed by atoms with Gasteiger partial charge >= 0.3 is 0 Å². The summed E-state index contributed by atoms with van der Waals surface area (Å²) in [6, 6.07) is 11.6. The molecule has 0 bridgehead atoms. The van der Waals surface area contributed by atoms with Crippen LogP contribution in [0.25, 0.3) is 33.5 Å². The van der Waals surface area contributed by atoms with Gasteiger partial charge < -0.3 is 21.8 Å². The van der Waals surface area contributed by atoms with Crippen LogP contribution in [0.1, 0.15) is 5.56 Å². The molecule has 0 fully saturated rings. The molecule has 2 aromatic heterocycles. The number of anilines is 3. The van der Waals surface area contributed by atoms with Gasteiger partial charge in [0, 0.05) is 41.6 Å². The van der Waals surface area contributed by atoms with Crippen LogP contribution in [-0.2, 0) is 7.05 Å². The Morgan fingerprint density at radius 1 is 0.962 bits per heavy atom. The minimum absolute atomic E-state index is 0.401. The molecule has 0 aliphatic carbocycles. The largest absolute Gasteiger partial charge is 0.398 e. The van der Waals surface area contributed by atoms with Crippen LogP contribution < -0.4 is 17.2 Å². The van der Waals surface area contributed by atoms with Crippen LogP contribution in [0.5, 0.6) is 0 Å². The number of hydrogen-bond acceptors (Lipinski definition) is 5. The quantitative estimate of drug-likeness (QED) is 0.483. The second-order valence-electron chi connectivity index (χ2n) is 6.43. The molecule has 0 atom stereocenters. The summed E-state index contributed by atoms with van der Waals surface area (Å²) in [6.07, 6.45) is 3.87. The maximum Gasteiger partial charge on any atom is 0.164 e. The molecule has 6 nitrogen and oxygen atoms in total. The van der Waals surface area contributed by atoms with Crippen molar-refractivity contribution in [2.24, 2.45) is 7.05 Å². The Morgan fingerprint density at radius 3 is 2.50 bits per heavy atom. The van der Waals surface area contributed by atoms with Crippen LogP contribution in [0.4, 0.5) is 17.1 Å². The molecule has 130 valence electrons. The van der Waals surface area contributed by atoms with Crippen LogP contribution in [0, 0.1) is 6.92 Å². The van der Waals surface area contributed by atoms with Crippen LogP contribution in [-0.4, -0.2) is 14.5 Å². The van der Waals surface area contributed by atoms with Crippen molar-refractivity contribution in [3.63, 3.8) is 0 Å². The summed E-state index contributed by atoms with van der Waals surface area (Å²) in [7, 11) is 2.02. The third-order valence-electron chi connectivity index (χ3n) is 4.66. The number of nitrogens with zero attached hydrogens (tertiary/aromatic N) is 3. The highest BCUT2D eigenvalue weighted by atomic mass is 14.9. The van der Waals surface area contributed by atoms with Gasteiger partial charge in [-0.1, -0.05) is 18.2 Å². The topological polar surface area (TPSA) is 109 Å². The zero-order chi connectivity index (χ0) is 18.4. The number of fused-ring (bicyclic) bond motifs is 1. The molecule has 0 aliphatic heterocycles. The lowest BCUT2D eigenvalue weighted by molar-refractivity contribution is 0.969. The highest BCUT2D eigenvalue weighted by Crippen LogP contribution is 2.36. The average Bonchev–Trinajstić information content (AvgIpc) is 2.97. The summed E-state index contributed by atoms with van der Waals surface area (Å²) in [5.74, 6) is 0.473. The lowest BCUT2D eigenvalue weighted by Crippen LogP contribution is -2.04. The SMILES string of the molecule is Cc1cnc(-c2c(N)ccc(N)c2N)nc1-c1cn(C)c2ccccc12. The van der Waals surface area contributed by atoms with Crippen molar-refractivity contribution in [1.82, 2.24) is 14.5 Å². The molecule has 2 aromatic carbocycles. The van der Waals surface area contributed by atoms with Gasteiger partial charge in [-0.15, -0.1) is 0 Å². The fourth-order valence-corrected chi connectivity index (χ4v) is 3.27. The van der Waals surface area contributed by atoms with Gasteiger partial charge in [-0.2, -0.15) is 0 Å². The molecule has 26 heavy (non-hydrogen) atoms. The summed E-state index contributed by atoms with van der Waals surface area (Å²) in [6.45, 7) is 1.99. The van der Waals surface area contributed by atoms with E-state index in [9.17, 15) is 0 Å². The van der Waals surface area contributed by atoms with Crippen molar-refractivity contribution in [1.29, 1.82) is 0 Å². The first kappa shape index (κ1) is 16.0. The van der Waals surface area contributed by atoms with Crippen LogP contribution in [0.3, 0.4) is 0 Å². The lowest BCUT2D eigenvalue weighted by atomic mass is 10.0. The molecule has 6 heteroatoms. The normalized spacial score (nSPS) is 11.2. The second kappa shape index (κ2) is 5.77. The molecular weight excluding hydrogens is 324 g/mol. The van der Waals surface area contributed by atoms with Crippen LogP contribution >= 0.6 is 0 Å². The predicted octanol–water partition coefficient (Wildman–Crippen LogP) is 3.36. The fourth-order valence-electron chi connectivity index (χ4n) is 3.27. The van der Waals surface area contributed by atoms with Gasteiger partial charge in [0.15, 0.2) is 5.82 Å². The van der Waals surface area contributed by atoms with E-state index in [1.807, 2.05) is 26.1 Å². The van der Waals surface area contributed by atoms with Gasteiger partial charge in [0.05, 0.1) is 22.6 Å². The molecule has 4 aromatic rings. The molecule has 0 spiro atoms. The highest BCUT2D eigenvalue weighted by Gasteiger charge is 2.17. The molecule has 0 aliphatic rings. The highest BCUT2D eigenvalue weighted by molar-refractivity contribution is 5.96. The Balaban J connectivity index is 1.98. The molecule has 0 radical (unpaired) electrons. The fraction of sp³-hybridized carbons (Fsp3) is 0.100. The standard InChI is InChI=1S/C20H20N6/c1-11-9-24-20(17-14(21)7-8-15(22)18(17)23)25-19(11)13-10-26(2)16-6-4-3-5-12(13)16/h3-10H,21-23H2,1-2H3. The first-order chi connectivity index (χ1) is 12.5. The monoisotopic (exact) mass is 344 g/mol. The number of nitrogen functional groups attached to an aromatic ring is 3. The summed E-state index contributed by atoms with van der Waals surface area (Å²) in [4.78, 5) is 9.25. The summed E-state index contributed by atoms with van der Waals surface area (Å²) >= 11 is 0. The maximum atomic E-state index is 6.15. The molecule has 2 heterocycles. The molecule has 0 saturated heterocycles. The van der Waals surface area contributed by atoms with Crippen LogP contribution in [0.2, 0.25) is 0 Å². The van der Waals surface area contributed by atoms with E-state index in [1.54, 1.807) is 18.3 Å². The third-order valence-corrected chi connectivity index (χ3v) is 4.66. The van der Waals surface area contributed by atoms with Gasteiger partial charge in [0.25, 0.3) is 0 Å². The van der Waals surface area contributed by atoms with Crippen molar-refractivity contribution >= 4 is 28.0 Å². The Morgan fingerprint density at radius 2 is 1.69 bits per heavy atom. The van der Waals surface area contributed by atoms with Gasteiger partial charge in [-0.05, 0) is 30.7 Å². The number of hydrogen-bond donors (Lipinski definition) is 3. The van der Waals surface area contributed by atoms with Crippen molar-refractivity contribution in [3.05, 3.63) is 54.4 Å². The third kappa shape index (κ3) is 2.35. The van der Waals surface area contributed by atoms with Crippen molar-refractivity contribution in [2.75, 3.05) is 17.2 Å². The first-order valence-electron chi connectivity index (χ1n) is 8.29. The molecule has 0 amide bonds. The van der Waals surface area contributed by atoms with Gasteiger partial charge in [0.1, 0.15) is 0 Å². The zero-order valence-electron chi connectivity index (χ0n) is 14.7. The van der Waals surface area contributed by atoms with E-state index in [-0.39, 0.29) is 0 Å². The first-order valence-corrected chi connectivity index (χ1v) is 8.29. The molecule has 0 saturated carbocycles. The van der Waals surface area contributed by atoms with E-state index in [2.05, 4.69) is 27.9 Å². The van der Waals surface area contributed by atoms with E-state index in [4.69, 9.17) is 22.2 Å². The minimum atomic E-state index is 0.401. The molecule has 4 rings (SSSR count). The van der Waals surface area contributed by atoms with E-state index >= 15 is 0 Å². The minimum Gasteiger partial charge on any atom is -0.398 e. The van der Waals surface area contributed by atoms with Crippen molar-refractivity contribution < 1.29 is 0 Å². The maximum absolute atomic E-state index is 6.15. The smallest absolute Gasteiger partial charge is 0.164 e. The number of aryl methyl sites for hydroxylation is 2. The second-order valence-corrected chi connectivity index (χ2v) is 6.43. The van der Waals surface area contributed by atoms with Crippen molar-refractivity contribution in [3.8, 4) is 22.6 Å². The number of para-hydroxylation sites is 1. The van der Waals surface area contributed by atoms with Crippen LogP contribution in [0.15, 0.2) is 48.8 Å². The summed E-state index contributed by atoms with van der Waals surface area (Å²) in [5.41, 5.74) is 24.2. The predicted molar refractivity (Wildman–Crippen MR) is 107 cm³/mol. The Kier molecular flexibility index (Phi) is 3.54. The molecule has 6 N–H and O–H groups in total. The molecular formula is C20H20N6. The van der Waals surface area contributed by atoms with E-state index in [1.165, 1.54) is 0 Å². The number of aromatic nitrogens is 3. The lowest BCUT2D eigenvalue weighted by Gasteiger charge is -2.12. The molecule has 0 unspecified atom stereocenters. The van der Waals surface area contributed by atoms with Gasteiger partial charge in [-0.25, -0.2) is 9.97 Å². The number of nitrogens with two attached hydrogens (primary N) is 3. The Bertz CT molecular complexity index is 1140. The van der Waals surface area contributed by atoms with E-state index < -0.39 is 0 Å². The number of benzene rings is 2. The average molecular weight is 344 g/mol. The van der Waals surface area contributed by atoms with Crippen molar-refractivity contribution in [2.45, 2.75) is 6.92 Å². The van der Waals surface area contributed by atoms with Gasteiger partial charge in [-0.3, -0.25) is 0 Å². The Labute approximate surface area is 151 Å². The summed E-state index contributed by atoms with van der Waals surface area (Å²) < 4.78 is 2.09. The number of rotatable bonds is 2. The zero-order valence-corrected chi connectivity index (χ0v) is 14.7. The van der Waals surface area contributed by atoms with Gasteiger partial charge in [0.2, 0.25) is 0 Å². The Hall–Kier alpha value is -3.54. The van der Waals surface area contributed by atoms with E-state index in [0.717, 1.165) is 27.7 Å².